The van der Waals surface area contributed by atoms with Gasteiger partial charge in [-0.15, -0.1) is 0 Å². The van der Waals surface area contributed by atoms with Gasteiger partial charge in [0.25, 0.3) is 5.91 Å². The standard InChI is InChI=1S/C13H17N3O4/c1-2-10(12(18)19)16-11(17)9-5-3-8(4-6-9)7-15-13(14)20/h3-6,10H,2,7H2,1H3,(H,16,17)(H,18,19)(H3,14,15,20). The molecule has 1 aromatic carbocycles. The second-order valence-corrected chi connectivity index (χ2v) is 4.19. The highest BCUT2D eigenvalue weighted by atomic mass is 16.4. The molecule has 0 bridgehead atoms. The van der Waals surface area contributed by atoms with E-state index < -0.39 is 23.9 Å². The number of benzene rings is 1. The molecule has 1 atom stereocenters. The zero-order valence-corrected chi connectivity index (χ0v) is 11.1. The van der Waals surface area contributed by atoms with E-state index in [1.54, 1.807) is 31.2 Å². The second-order valence-electron chi connectivity index (χ2n) is 4.19. The molecule has 0 aliphatic rings. The largest absolute Gasteiger partial charge is 0.480 e. The summed E-state index contributed by atoms with van der Waals surface area (Å²) in [6.45, 7) is 1.95. The molecule has 0 aromatic heterocycles. The first kappa shape index (κ1) is 15.5. The quantitative estimate of drug-likeness (QED) is 0.603. The van der Waals surface area contributed by atoms with Gasteiger partial charge < -0.3 is 21.5 Å². The summed E-state index contributed by atoms with van der Waals surface area (Å²) in [4.78, 5) is 33.2. The van der Waals surface area contributed by atoms with Crippen molar-refractivity contribution in [1.29, 1.82) is 0 Å². The van der Waals surface area contributed by atoms with Crippen molar-refractivity contribution in [1.82, 2.24) is 10.6 Å². The minimum atomic E-state index is -1.07. The molecule has 108 valence electrons. The molecule has 0 saturated heterocycles. The fraction of sp³-hybridized carbons (Fsp3) is 0.308. The third-order valence-electron chi connectivity index (χ3n) is 2.69. The van der Waals surface area contributed by atoms with Crippen LogP contribution >= 0.6 is 0 Å². The predicted molar refractivity (Wildman–Crippen MR) is 72.0 cm³/mol. The maximum atomic E-state index is 11.8. The summed E-state index contributed by atoms with van der Waals surface area (Å²) >= 11 is 0. The Morgan fingerprint density at radius 2 is 1.85 bits per heavy atom. The number of nitrogens with one attached hydrogen (secondary N) is 2. The van der Waals surface area contributed by atoms with Crippen LogP contribution < -0.4 is 16.4 Å². The van der Waals surface area contributed by atoms with Crippen LogP contribution in [-0.4, -0.2) is 29.1 Å². The summed E-state index contributed by atoms with van der Waals surface area (Å²) < 4.78 is 0. The monoisotopic (exact) mass is 279 g/mol. The van der Waals surface area contributed by atoms with Crippen LogP contribution in [0.2, 0.25) is 0 Å². The Bertz CT molecular complexity index is 499. The number of hydrogen-bond acceptors (Lipinski definition) is 3. The average Bonchev–Trinajstić information content (AvgIpc) is 2.42. The predicted octanol–water partition coefficient (Wildman–Crippen LogP) is 0.448. The van der Waals surface area contributed by atoms with Gasteiger partial charge in [0.2, 0.25) is 0 Å². The number of nitrogens with two attached hydrogens (primary N) is 1. The summed E-state index contributed by atoms with van der Waals surface area (Å²) in [6.07, 6.45) is 0.307. The molecule has 7 nitrogen and oxygen atoms in total. The van der Waals surface area contributed by atoms with Gasteiger partial charge in [0.15, 0.2) is 0 Å². The smallest absolute Gasteiger partial charge is 0.326 e. The highest BCUT2D eigenvalue weighted by Gasteiger charge is 2.18. The minimum Gasteiger partial charge on any atom is -0.480 e. The zero-order valence-electron chi connectivity index (χ0n) is 11.1. The van der Waals surface area contributed by atoms with Gasteiger partial charge >= 0.3 is 12.0 Å². The normalized spacial score (nSPS) is 11.4. The molecule has 1 aromatic rings. The molecule has 0 aliphatic heterocycles. The van der Waals surface area contributed by atoms with Gasteiger partial charge in [0, 0.05) is 12.1 Å². The SMILES string of the molecule is CCC(NC(=O)c1ccc(CNC(N)=O)cc1)C(=O)O. The molecule has 1 unspecified atom stereocenters. The fourth-order valence-electron chi connectivity index (χ4n) is 1.54. The molecule has 0 saturated carbocycles. The van der Waals surface area contributed by atoms with E-state index in [0.717, 1.165) is 5.56 Å². The molecule has 3 amide bonds. The molecule has 0 heterocycles. The van der Waals surface area contributed by atoms with E-state index in [0.29, 0.717) is 12.0 Å². The van der Waals surface area contributed by atoms with Crippen molar-refractivity contribution in [3.05, 3.63) is 35.4 Å². The Morgan fingerprint density at radius 3 is 2.30 bits per heavy atom. The van der Waals surface area contributed by atoms with Crippen molar-refractivity contribution in [2.45, 2.75) is 25.9 Å². The number of amides is 3. The zero-order chi connectivity index (χ0) is 15.1. The van der Waals surface area contributed by atoms with Crippen LogP contribution in [0.3, 0.4) is 0 Å². The van der Waals surface area contributed by atoms with E-state index in [2.05, 4.69) is 10.6 Å². The summed E-state index contributed by atoms with van der Waals surface area (Å²) in [5, 5.41) is 13.7. The molecule has 5 N–H and O–H groups in total. The third-order valence-corrected chi connectivity index (χ3v) is 2.69. The lowest BCUT2D eigenvalue weighted by Gasteiger charge is -2.12. The van der Waals surface area contributed by atoms with Gasteiger partial charge in [-0.1, -0.05) is 19.1 Å². The van der Waals surface area contributed by atoms with Gasteiger partial charge in [-0.05, 0) is 24.1 Å². The number of carbonyl (C=O) groups excluding carboxylic acids is 2. The molecule has 0 spiro atoms. The number of hydrogen-bond donors (Lipinski definition) is 4. The van der Waals surface area contributed by atoms with Crippen LogP contribution in [0.1, 0.15) is 29.3 Å². The molecular formula is C13H17N3O4. The van der Waals surface area contributed by atoms with Crippen molar-refractivity contribution < 1.29 is 19.5 Å². The van der Waals surface area contributed by atoms with Gasteiger partial charge in [0.05, 0.1) is 0 Å². The van der Waals surface area contributed by atoms with Crippen LogP contribution in [-0.2, 0) is 11.3 Å². The van der Waals surface area contributed by atoms with Crippen LogP contribution in [0.4, 0.5) is 4.79 Å². The average molecular weight is 279 g/mol. The molecule has 20 heavy (non-hydrogen) atoms. The maximum Gasteiger partial charge on any atom is 0.326 e. The van der Waals surface area contributed by atoms with Gasteiger partial charge in [-0.3, -0.25) is 4.79 Å². The third kappa shape index (κ3) is 4.60. The Hall–Kier alpha value is -2.57. The van der Waals surface area contributed by atoms with Crippen molar-refractivity contribution in [2.75, 3.05) is 0 Å². The van der Waals surface area contributed by atoms with Crippen LogP contribution in [0.5, 0.6) is 0 Å². The number of primary amides is 1. The van der Waals surface area contributed by atoms with Crippen LogP contribution in [0.15, 0.2) is 24.3 Å². The Balaban J connectivity index is 2.65. The summed E-state index contributed by atoms with van der Waals surface area (Å²) in [5.41, 5.74) is 6.08. The number of aliphatic carboxylic acids is 1. The molecule has 0 aliphatic carbocycles. The van der Waals surface area contributed by atoms with Gasteiger partial charge in [-0.2, -0.15) is 0 Å². The van der Waals surface area contributed by atoms with E-state index in [-0.39, 0.29) is 6.54 Å². The molecule has 7 heteroatoms. The van der Waals surface area contributed by atoms with Gasteiger partial charge in [-0.25, -0.2) is 9.59 Å². The molecule has 1 rings (SSSR count). The highest BCUT2D eigenvalue weighted by Crippen LogP contribution is 2.05. The Kier molecular flexibility index (Phi) is 5.52. The van der Waals surface area contributed by atoms with Crippen molar-refractivity contribution in [3.63, 3.8) is 0 Å². The summed E-state index contributed by atoms with van der Waals surface area (Å²) in [6, 6.07) is 4.90. The van der Waals surface area contributed by atoms with Crippen molar-refractivity contribution in [3.8, 4) is 0 Å². The topological polar surface area (TPSA) is 122 Å². The van der Waals surface area contributed by atoms with Crippen molar-refractivity contribution in [2.24, 2.45) is 5.73 Å². The first-order chi connectivity index (χ1) is 9.43. The van der Waals surface area contributed by atoms with Crippen LogP contribution in [0.25, 0.3) is 0 Å². The van der Waals surface area contributed by atoms with E-state index in [4.69, 9.17) is 10.8 Å². The first-order valence-corrected chi connectivity index (χ1v) is 6.10. The second kappa shape index (κ2) is 7.13. The number of carboxylic acids is 1. The first-order valence-electron chi connectivity index (χ1n) is 6.10. The van der Waals surface area contributed by atoms with E-state index >= 15 is 0 Å². The number of rotatable bonds is 6. The Labute approximate surface area is 116 Å². The highest BCUT2D eigenvalue weighted by molar-refractivity contribution is 5.96. The van der Waals surface area contributed by atoms with Crippen molar-refractivity contribution >= 4 is 17.9 Å². The lowest BCUT2D eigenvalue weighted by molar-refractivity contribution is -0.139. The lowest BCUT2D eigenvalue weighted by atomic mass is 10.1. The van der Waals surface area contributed by atoms with E-state index in [1.807, 2.05) is 0 Å². The lowest BCUT2D eigenvalue weighted by Crippen LogP contribution is -2.40. The van der Waals surface area contributed by atoms with E-state index in [9.17, 15) is 14.4 Å². The Morgan fingerprint density at radius 1 is 1.25 bits per heavy atom. The molecule has 0 radical (unpaired) electrons. The fourth-order valence-corrected chi connectivity index (χ4v) is 1.54. The number of urea groups is 1. The molecular weight excluding hydrogens is 262 g/mol. The number of carboxylic acid groups (broad SMARTS) is 1. The van der Waals surface area contributed by atoms with E-state index in [1.165, 1.54) is 0 Å². The summed E-state index contributed by atoms with van der Waals surface area (Å²) in [5.74, 6) is -1.52. The number of carbonyl (C=O) groups is 3. The van der Waals surface area contributed by atoms with Gasteiger partial charge in [0.1, 0.15) is 6.04 Å². The van der Waals surface area contributed by atoms with Crippen LogP contribution in [0, 0.1) is 0 Å². The molecule has 0 fully saturated rings. The summed E-state index contributed by atoms with van der Waals surface area (Å²) in [7, 11) is 0. The minimum absolute atomic E-state index is 0.268. The maximum absolute atomic E-state index is 11.8.